The van der Waals surface area contributed by atoms with Gasteiger partial charge in [0.25, 0.3) is 0 Å². The Bertz CT molecular complexity index is 958. The molecule has 3 atom stereocenters. The monoisotopic (exact) mass is 417 g/mol. The van der Waals surface area contributed by atoms with Crippen LogP contribution in [0, 0.1) is 6.92 Å². The van der Waals surface area contributed by atoms with E-state index in [0.29, 0.717) is 11.5 Å². The Morgan fingerprint density at radius 1 is 0.871 bits per heavy atom. The summed E-state index contributed by atoms with van der Waals surface area (Å²) in [4.78, 5) is 2.24. The van der Waals surface area contributed by atoms with Crippen LogP contribution in [0.15, 0.2) is 78.9 Å². The molecule has 1 aliphatic carbocycles. The lowest BCUT2D eigenvalue weighted by Crippen LogP contribution is -2.51. The Hall–Kier alpha value is -2.82. The van der Waals surface area contributed by atoms with Crippen molar-refractivity contribution in [2.45, 2.75) is 51.0 Å². The standard InChI is InChI=1S/C27H31NO3/c1-20-15-17-22(18-16-20)30-24-12-6-7-13-25(24)31-26-14-8-11-23(27(26)29)28(2)19-21-9-4-3-5-10-21/h3-7,9-10,12-13,15-18,23,26-27,29H,8,11,14,19H2,1-2H3/t23-,26-,27-/m1/s1. The number of likely N-dealkylation sites (N-methyl/N-ethyl adjacent to an activating group) is 1. The summed E-state index contributed by atoms with van der Waals surface area (Å²) in [6.45, 7) is 2.86. The third-order valence-electron chi connectivity index (χ3n) is 5.98. The minimum absolute atomic E-state index is 0.0594. The number of aliphatic hydroxyl groups is 1. The van der Waals surface area contributed by atoms with Crippen LogP contribution in [-0.2, 0) is 6.54 Å². The minimum atomic E-state index is -0.560. The average Bonchev–Trinajstić information content (AvgIpc) is 2.78. The van der Waals surface area contributed by atoms with Gasteiger partial charge < -0.3 is 14.6 Å². The molecule has 4 rings (SSSR count). The third-order valence-corrected chi connectivity index (χ3v) is 5.98. The van der Waals surface area contributed by atoms with Gasteiger partial charge in [-0.15, -0.1) is 0 Å². The maximum atomic E-state index is 11.1. The number of aliphatic hydroxyl groups excluding tert-OH is 1. The predicted octanol–water partition coefficient (Wildman–Crippen LogP) is 5.58. The largest absolute Gasteiger partial charge is 0.484 e. The number of hydrogen-bond donors (Lipinski definition) is 1. The van der Waals surface area contributed by atoms with Crippen LogP contribution in [0.25, 0.3) is 0 Å². The highest BCUT2D eigenvalue weighted by Crippen LogP contribution is 2.35. The second kappa shape index (κ2) is 9.99. The molecule has 0 aliphatic heterocycles. The summed E-state index contributed by atoms with van der Waals surface area (Å²) in [5.74, 6) is 2.10. The normalized spacial score (nSPS) is 21.1. The first-order valence-corrected chi connectivity index (χ1v) is 11.0. The van der Waals surface area contributed by atoms with Gasteiger partial charge in [0.05, 0.1) is 0 Å². The molecule has 0 saturated heterocycles. The molecule has 0 bridgehead atoms. The molecule has 0 aromatic heterocycles. The second-order valence-electron chi connectivity index (χ2n) is 8.41. The maximum absolute atomic E-state index is 11.1. The molecule has 0 heterocycles. The Labute approximate surface area is 185 Å². The number of para-hydroxylation sites is 2. The van der Waals surface area contributed by atoms with Crippen LogP contribution in [0.5, 0.6) is 17.2 Å². The van der Waals surface area contributed by atoms with E-state index in [0.717, 1.165) is 31.6 Å². The van der Waals surface area contributed by atoms with E-state index in [1.165, 1.54) is 11.1 Å². The number of ether oxygens (including phenoxy) is 2. The van der Waals surface area contributed by atoms with Gasteiger partial charge in [-0.25, -0.2) is 0 Å². The van der Waals surface area contributed by atoms with Crippen molar-refractivity contribution in [2.75, 3.05) is 7.05 Å². The summed E-state index contributed by atoms with van der Waals surface area (Å²) in [5, 5.41) is 11.1. The lowest BCUT2D eigenvalue weighted by molar-refractivity contribution is -0.0496. The van der Waals surface area contributed by atoms with Crippen molar-refractivity contribution in [1.29, 1.82) is 0 Å². The van der Waals surface area contributed by atoms with Crippen molar-refractivity contribution in [3.8, 4) is 17.2 Å². The summed E-state index contributed by atoms with van der Waals surface area (Å²) >= 11 is 0. The van der Waals surface area contributed by atoms with Crippen molar-refractivity contribution >= 4 is 0 Å². The molecule has 31 heavy (non-hydrogen) atoms. The Morgan fingerprint density at radius 3 is 2.29 bits per heavy atom. The first-order valence-electron chi connectivity index (χ1n) is 11.0. The smallest absolute Gasteiger partial charge is 0.169 e. The van der Waals surface area contributed by atoms with Gasteiger partial charge in [0.1, 0.15) is 18.0 Å². The zero-order chi connectivity index (χ0) is 21.6. The number of aryl methyl sites for hydroxylation is 1. The van der Waals surface area contributed by atoms with E-state index in [2.05, 4.69) is 43.1 Å². The molecular formula is C27H31NO3. The summed E-state index contributed by atoms with van der Waals surface area (Å²) < 4.78 is 12.4. The number of nitrogens with zero attached hydrogens (tertiary/aromatic N) is 1. The van der Waals surface area contributed by atoms with Gasteiger partial charge in [0, 0.05) is 12.6 Å². The Morgan fingerprint density at radius 2 is 1.55 bits per heavy atom. The summed E-state index contributed by atoms with van der Waals surface area (Å²) in [6.07, 6.45) is 1.99. The predicted molar refractivity (Wildman–Crippen MR) is 124 cm³/mol. The maximum Gasteiger partial charge on any atom is 0.169 e. The number of hydrogen-bond acceptors (Lipinski definition) is 4. The van der Waals surface area contributed by atoms with E-state index in [9.17, 15) is 5.11 Å². The molecule has 3 aromatic rings. The van der Waals surface area contributed by atoms with Gasteiger partial charge in [-0.05, 0) is 63.1 Å². The van der Waals surface area contributed by atoms with Crippen molar-refractivity contribution in [1.82, 2.24) is 4.90 Å². The second-order valence-corrected chi connectivity index (χ2v) is 8.41. The van der Waals surface area contributed by atoms with Gasteiger partial charge >= 0.3 is 0 Å². The summed E-state index contributed by atoms with van der Waals surface area (Å²) in [5.41, 5.74) is 2.44. The first-order chi connectivity index (χ1) is 15.1. The van der Waals surface area contributed by atoms with Crippen molar-refractivity contribution in [3.63, 3.8) is 0 Å². The van der Waals surface area contributed by atoms with Gasteiger partial charge in [0.15, 0.2) is 11.5 Å². The molecule has 4 nitrogen and oxygen atoms in total. The van der Waals surface area contributed by atoms with Crippen LogP contribution in [0.1, 0.15) is 30.4 Å². The lowest BCUT2D eigenvalue weighted by Gasteiger charge is -2.39. The van der Waals surface area contributed by atoms with E-state index in [4.69, 9.17) is 9.47 Å². The van der Waals surface area contributed by atoms with Gasteiger partial charge in [-0.3, -0.25) is 4.90 Å². The van der Waals surface area contributed by atoms with Gasteiger partial charge in [0.2, 0.25) is 0 Å². The lowest BCUT2D eigenvalue weighted by atomic mass is 9.88. The molecular weight excluding hydrogens is 386 g/mol. The number of benzene rings is 3. The topological polar surface area (TPSA) is 41.9 Å². The van der Waals surface area contributed by atoms with E-state index in [1.807, 2.05) is 54.6 Å². The fourth-order valence-corrected chi connectivity index (χ4v) is 4.24. The molecule has 162 valence electrons. The fraction of sp³-hybridized carbons (Fsp3) is 0.333. The molecule has 4 heteroatoms. The molecule has 3 aromatic carbocycles. The van der Waals surface area contributed by atoms with E-state index in [1.54, 1.807) is 0 Å². The van der Waals surface area contributed by atoms with E-state index in [-0.39, 0.29) is 12.1 Å². The van der Waals surface area contributed by atoms with Crippen LogP contribution in [0.4, 0.5) is 0 Å². The van der Waals surface area contributed by atoms with Gasteiger partial charge in [-0.1, -0.05) is 60.2 Å². The van der Waals surface area contributed by atoms with Crippen molar-refractivity contribution in [3.05, 3.63) is 90.0 Å². The van der Waals surface area contributed by atoms with Crippen LogP contribution in [-0.4, -0.2) is 35.3 Å². The molecule has 1 N–H and O–H groups in total. The molecule has 0 radical (unpaired) electrons. The zero-order valence-electron chi connectivity index (χ0n) is 18.3. The quantitative estimate of drug-likeness (QED) is 0.545. The van der Waals surface area contributed by atoms with Crippen LogP contribution in [0.2, 0.25) is 0 Å². The molecule has 0 amide bonds. The Kier molecular flexibility index (Phi) is 6.90. The molecule has 1 fully saturated rings. The summed E-state index contributed by atoms with van der Waals surface area (Å²) in [6, 6.07) is 26.1. The average molecular weight is 418 g/mol. The summed E-state index contributed by atoms with van der Waals surface area (Å²) in [7, 11) is 2.08. The fourth-order valence-electron chi connectivity index (χ4n) is 4.24. The van der Waals surface area contributed by atoms with E-state index >= 15 is 0 Å². The highest BCUT2D eigenvalue weighted by Gasteiger charge is 2.36. The van der Waals surface area contributed by atoms with Crippen LogP contribution in [0.3, 0.4) is 0 Å². The van der Waals surface area contributed by atoms with Crippen LogP contribution < -0.4 is 9.47 Å². The highest BCUT2D eigenvalue weighted by atomic mass is 16.5. The molecule has 1 saturated carbocycles. The molecule has 1 aliphatic rings. The highest BCUT2D eigenvalue weighted by molar-refractivity contribution is 5.43. The van der Waals surface area contributed by atoms with Crippen molar-refractivity contribution in [2.24, 2.45) is 0 Å². The minimum Gasteiger partial charge on any atom is -0.484 e. The first kappa shape index (κ1) is 21.4. The molecule has 0 spiro atoms. The third kappa shape index (κ3) is 5.46. The Balaban J connectivity index is 1.44. The van der Waals surface area contributed by atoms with E-state index < -0.39 is 6.10 Å². The van der Waals surface area contributed by atoms with Crippen LogP contribution >= 0.6 is 0 Å². The molecule has 0 unspecified atom stereocenters. The van der Waals surface area contributed by atoms with Gasteiger partial charge in [-0.2, -0.15) is 0 Å². The number of rotatable bonds is 7. The van der Waals surface area contributed by atoms with Crippen molar-refractivity contribution < 1.29 is 14.6 Å². The zero-order valence-corrected chi connectivity index (χ0v) is 18.3. The SMILES string of the molecule is Cc1ccc(Oc2ccccc2O[C@@H]2CCC[C@@H](N(C)Cc3ccccc3)[C@H]2O)cc1.